The van der Waals surface area contributed by atoms with Gasteiger partial charge in [-0.15, -0.1) is 0 Å². The molecule has 2 aliphatic carbocycles. The van der Waals surface area contributed by atoms with Gasteiger partial charge < -0.3 is 10.6 Å². The fourth-order valence-electron chi connectivity index (χ4n) is 3.93. The van der Waals surface area contributed by atoms with Gasteiger partial charge in [-0.25, -0.2) is 0 Å². The Balaban J connectivity index is 1.99. The largest absolute Gasteiger partial charge is 0.350 e. The van der Waals surface area contributed by atoms with Crippen molar-refractivity contribution in [1.82, 2.24) is 10.6 Å². The number of rotatable bonds is 3. The van der Waals surface area contributed by atoms with Gasteiger partial charge in [0, 0.05) is 5.54 Å². The third-order valence-corrected chi connectivity index (χ3v) is 5.25. The number of hydrogen-bond acceptors (Lipinski definition) is 2. The molecule has 0 aromatic carbocycles. The van der Waals surface area contributed by atoms with Gasteiger partial charge in [-0.05, 0) is 51.4 Å². The highest BCUT2D eigenvalue weighted by atomic mass is 16.2. The maximum Gasteiger partial charge on any atom is 0.239 e. The van der Waals surface area contributed by atoms with E-state index >= 15 is 0 Å². The second-order valence-corrected chi connectivity index (χ2v) is 8.20. The second-order valence-electron chi connectivity index (χ2n) is 8.20. The van der Waals surface area contributed by atoms with Gasteiger partial charge in [0.15, 0.2) is 0 Å². The zero-order valence-electron chi connectivity index (χ0n) is 13.9. The number of carbonyl (C=O) groups excluding carboxylic acids is 2. The average molecular weight is 292 g/mol. The molecule has 2 N–H and O–H groups in total. The molecule has 4 heteroatoms. The van der Waals surface area contributed by atoms with Crippen molar-refractivity contribution in [1.29, 1.82) is 0 Å². The van der Waals surface area contributed by atoms with Crippen molar-refractivity contribution in [2.24, 2.45) is 16.7 Å². The summed E-state index contributed by atoms with van der Waals surface area (Å²) in [5.41, 5.74) is 0.344. The van der Waals surface area contributed by atoms with Crippen LogP contribution in [0.25, 0.3) is 0 Å². The number of carbonyl (C=O) groups is 2. The van der Waals surface area contributed by atoms with Gasteiger partial charge in [0.05, 0.1) is 12.0 Å². The molecule has 4 nitrogen and oxygen atoms in total. The smallest absolute Gasteiger partial charge is 0.239 e. The van der Waals surface area contributed by atoms with E-state index in [0.717, 1.165) is 24.8 Å². The number of hydrogen-bond donors (Lipinski definition) is 2. The summed E-state index contributed by atoms with van der Waals surface area (Å²) < 4.78 is 0. The van der Waals surface area contributed by atoms with Crippen LogP contribution in [0.3, 0.4) is 0 Å². The second kappa shape index (κ2) is 4.85. The minimum absolute atomic E-state index is 0.0235. The Morgan fingerprint density at radius 3 is 2.43 bits per heavy atom. The molecule has 0 heterocycles. The van der Waals surface area contributed by atoms with Gasteiger partial charge in [0.2, 0.25) is 11.8 Å². The third kappa shape index (κ3) is 2.72. The van der Waals surface area contributed by atoms with Crippen LogP contribution in [-0.4, -0.2) is 23.9 Å². The predicted octanol–water partition coefficient (Wildman–Crippen LogP) is 2.40. The quantitative estimate of drug-likeness (QED) is 0.785. The highest BCUT2D eigenvalue weighted by Crippen LogP contribution is 2.65. The van der Waals surface area contributed by atoms with Crippen molar-refractivity contribution < 1.29 is 9.59 Å². The summed E-state index contributed by atoms with van der Waals surface area (Å²) in [5.74, 6) is 0.369. The van der Waals surface area contributed by atoms with E-state index in [1.165, 1.54) is 0 Å². The Labute approximate surface area is 127 Å². The average Bonchev–Trinajstić information content (AvgIpc) is 2.85. The normalized spacial score (nSPS) is 30.3. The first-order valence-electron chi connectivity index (χ1n) is 7.78. The molecule has 0 unspecified atom stereocenters. The van der Waals surface area contributed by atoms with Crippen molar-refractivity contribution in [2.45, 2.75) is 59.4 Å². The van der Waals surface area contributed by atoms with Crippen LogP contribution in [0.5, 0.6) is 0 Å². The minimum atomic E-state index is -0.448. The Hall–Kier alpha value is -1.32. The molecule has 0 aliphatic heterocycles. The standard InChI is InChI=1S/C17H28N2O2/c1-11-16(5,6)12-7-8-17(11,9-12)14(21)18-10-13(20)19-15(2,3)4/h12H,1,7-10H2,2-6H3,(H,18,21)(H,19,20)/t12-,17-/m0/s1. The molecule has 0 radical (unpaired) electrons. The van der Waals surface area contributed by atoms with E-state index in [1.54, 1.807) is 0 Å². The predicted molar refractivity (Wildman–Crippen MR) is 83.6 cm³/mol. The first-order chi connectivity index (χ1) is 9.49. The molecule has 2 atom stereocenters. The lowest BCUT2D eigenvalue weighted by Gasteiger charge is -2.37. The zero-order chi connectivity index (χ0) is 16.1. The van der Waals surface area contributed by atoms with Crippen molar-refractivity contribution in [3.05, 3.63) is 12.2 Å². The molecule has 0 spiro atoms. The van der Waals surface area contributed by atoms with Crippen LogP contribution >= 0.6 is 0 Å². The van der Waals surface area contributed by atoms with Crippen LogP contribution in [0, 0.1) is 16.7 Å². The first-order valence-corrected chi connectivity index (χ1v) is 7.78. The lowest BCUT2D eigenvalue weighted by Crippen LogP contribution is -2.49. The van der Waals surface area contributed by atoms with Crippen LogP contribution in [0.1, 0.15) is 53.9 Å². The Morgan fingerprint density at radius 2 is 1.95 bits per heavy atom. The van der Waals surface area contributed by atoms with Crippen LogP contribution in [0.2, 0.25) is 0 Å². The van der Waals surface area contributed by atoms with E-state index in [1.807, 2.05) is 20.8 Å². The van der Waals surface area contributed by atoms with Gasteiger partial charge in [-0.3, -0.25) is 9.59 Å². The van der Waals surface area contributed by atoms with Gasteiger partial charge in [0.1, 0.15) is 0 Å². The molecule has 21 heavy (non-hydrogen) atoms. The zero-order valence-corrected chi connectivity index (χ0v) is 13.9. The third-order valence-electron chi connectivity index (χ3n) is 5.25. The lowest BCUT2D eigenvalue weighted by molar-refractivity contribution is -0.131. The van der Waals surface area contributed by atoms with Gasteiger partial charge in [-0.1, -0.05) is 26.0 Å². The minimum Gasteiger partial charge on any atom is -0.350 e. The van der Waals surface area contributed by atoms with E-state index in [2.05, 4.69) is 31.1 Å². The van der Waals surface area contributed by atoms with Crippen LogP contribution < -0.4 is 10.6 Å². The summed E-state index contributed by atoms with van der Waals surface area (Å²) in [5, 5.41) is 5.68. The first kappa shape index (κ1) is 16.1. The summed E-state index contributed by atoms with van der Waals surface area (Å²) in [4.78, 5) is 24.5. The SMILES string of the molecule is C=C1C(C)(C)[C@H]2CC[C@]1(C(=O)NCC(=O)NC(C)(C)C)C2. The van der Waals surface area contributed by atoms with Gasteiger partial charge >= 0.3 is 0 Å². The highest BCUT2D eigenvalue weighted by molar-refractivity contribution is 5.91. The number of amides is 2. The van der Waals surface area contributed by atoms with Gasteiger partial charge in [0.25, 0.3) is 0 Å². The molecule has 2 aliphatic rings. The van der Waals surface area contributed by atoms with E-state index in [-0.39, 0.29) is 29.3 Å². The Kier molecular flexibility index (Phi) is 3.71. The fourth-order valence-corrected chi connectivity index (χ4v) is 3.93. The Morgan fingerprint density at radius 1 is 1.33 bits per heavy atom. The molecule has 2 saturated carbocycles. The van der Waals surface area contributed by atoms with E-state index in [4.69, 9.17) is 0 Å². The molecular weight excluding hydrogens is 264 g/mol. The van der Waals surface area contributed by atoms with E-state index < -0.39 is 5.41 Å². The van der Waals surface area contributed by atoms with Crippen molar-refractivity contribution in [3.63, 3.8) is 0 Å². The number of nitrogens with one attached hydrogen (secondary N) is 2. The fraction of sp³-hybridized carbons (Fsp3) is 0.765. The summed E-state index contributed by atoms with van der Waals surface area (Å²) in [7, 11) is 0. The summed E-state index contributed by atoms with van der Waals surface area (Å²) in [6.45, 7) is 14.4. The monoisotopic (exact) mass is 292 g/mol. The van der Waals surface area contributed by atoms with Crippen molar-refractivity contribution in [2.75, 3.05) is 6.54 Å². The van der Waals surface area contributed by atoms with Gasteiger partial charge in [-0.2, -0.15) is 0 Å². The lowest BCUT2D eigenvalue weighted by atomic mass is 9.68. The molecule has 0 aromatic heterocycles. The van der Waals surface area contributed by atoms with E-state index in [0.29, 0.717) is 5.92 Å². The molecular formula is C17H28N2O2. The maximum absolute atomic E-state index is 12.6. The van der Waals surface area contributed by atoms with Crippen LogP contribution in [-0.2, 0) is 9.59 Å². The highest BCUT2D eigenvalue weighted by Gasteiger charge is 2.60. The molecule has 2 bridgehead atoms. The summed E-state index contributed by atoms with van der Waals surface area (Å²) >= 11 is 0. The topological polar surface area (TPSA) is 58.2 Å². The van der Waals surface area contributed by atoms with Crippen molar-refractivity contribution in [3.8, 4) is 0 Å². The van der Waals surface area contributed by atoms with Crippen molar-refractivity contribution >= 4 is 11.8 Å². The molecule has 2 fully saturated rings. The van der Waals surface area contributed by atoms with Crippen LogP contribution in [0.4, 0.5) is 0 Å². The number of fused-ring (bicyclic) bond motifs is 2. The maximum atomic E-state index is 12.6. The molecule has 2 rings (SSSR count). The molecule has 118 valence electrons. The summed E-state index contributed by atoms with van der Waals surface area (Å²) in [6.07, 6.45) is 2.83. The Bertz CT molecular complexity index is 488. The van der Waals surface area contributed by atoms with Crippen LogP contribution in [0.15, 0.2) is 12.2 Å². The molecule has 0 saturated heterocycles. The molecule has 2 amide bonds. The molecule has 0 aromatic rings. The summed E-state index contributed by atoms with van der Waals surface area (Å²) in [6, 6.07) is 0. The van der Waals surface area contributed by atoms with E-state index in [9.17, 15) is 9.59 Å².